The lowest BCUT2D eigenvalue weighted by Crippen LogP contribution is -2.37. The van der Waals surface area contributed by atoms with Crippen LogP contribution >= 0.6 is 0 Å². The zero-order valence-corrected chi connectivity index (χ0v) is 12.2. The standard InChI is InChI=1S/C16H20N2O3/c1-20-14-5-4-12(16(6-7-16)18-11-19)9-15(14)21-13-3-2-8-17-10-13/h4-5,9,13,17H,2-3,6-8,10H2,1H3. The van der Waals surface area contributed by atoms with Gasteiger partial charge in [0.2, 0.25) is 6.08 Å². The Morgan fingerprint density at radius 3 is 2.86 bits per heavy atom. The Balaban J connectivity index is 1.85. The summed E-state index contributed by atoms with van der Waals surface area (Å²) >= 11 is 0. The van der Waals surface area contributed by atoms with Gasteiger partial charge in [-0.3, -0.25) is 0 Å². The van der Waals surface area contributed by atoms with E-state index in [1.54, 1.807) is 13.2 Å². The largest absolute Gasteiger partial charge is 0.493 e. The maximum atomic E-state index is 10.6. The molecule has 112 valence electrons. The van der Waals surface area contributed by atoms with Crippen LogP contribution in [0, 0.1) is 0 Å². The first kappa shape index (κ1) is 14.1. The van der Waals surface area contributed by atoms with E-state index in [2.05, 4.69) is 10.3 Å². The minimum atomic E-state index is -0.378. The number of carbonyl (C=O) groups excluding carboxylic acids is 1. The van der Waals surface area contributed by atoms with Gasteiger partial charge in [0.15, 0.2) is 11.5 Å². The minimum absolute atomic E-state index is 0.160. The van der Waals surface area contributed by atoms with Crippen molar-refractivity contribution < 1.29 is 14.3 Å². The third-order valence-electron chi connectivity index (χ3n) is 4.23. The number of nitrogens with one attached hydrogen (secondary N) is 1. The van der Waals surface area contributed by atoms with Crippen molar-refractivity contribution in [2.24, 2.45) is 4.99 Å². The van der Waals surface area contributed by atoms with Gasteiger partial charge in [-0.15, -0.1) is 0 Å². The Labute approximate surface area is 124 Å². The highest BCUT2D eigenvalue weighted by molar-refractivity contribution is 5.48. The van der Waals surface area contributed by atoms with Crippen LogP contribution in [0.3, 0.4) is 0 Å². The van der Waals surface area contributed by atoms with Crippen molar-refractivity contribution in [3.05, 3.63) is 23.8 Å². The molecule has 0 amide bonds. The van der Waals surface area contributed by atoms with E-state index in [1.165, 1.54) is 0 Å². The van der Waals surface area contributed by atoms with Crippen LogP contribution in [0.2, 0.25) is 0 Å². The lowest BCUT2D eigenvalue weighted by molar-refractivity contribution is 0.161. The SMILES string of the molecule is COc1ccc(C2(N=C=O)CC2)cc1OC1CCCNC1. The molecule has 1 aliphatic carbocycles. The fourth-order valence-corrected chi connectivity index (χ4v) is 2.83. The Kier molecular flexibility index (Phi) is 3.95. The van der Waals surface area contributed by atoms with Gasteiger partial charge in [0.05, 0.1) is 12.6 Å². The Morgan fingerprint density at radius 1 is 1.38 bits per heavy atom. The van der Waals surface area contributed by atoms with Crippen LogP contribution in [0.25, 0.3) is 0 Å². The van der Waals surface area contributed by atoms with E-state index in [0.29, 0.717) is 0 Å². The second-order valence-corrected chi connectivity index (χ2v) is 5.69. The molecule has 1 atom stereocenters. The molecule has 1 unspecified atom stereocenters. The summed E-state index contributed by atoms with van der Waals surface area (Å²) in [6.07, 6.45) is 5.78. The van der Waals surface area contributed by atoms with Crippen molar-refractivity contribution in [2.75, 3.05) is 20.2 Å². The van der Waals surface area contributed by atoms with Crippen LogP contribution < -0.4 is 14.8 Å². The molecule has 5 nitrogen and oxygen atoms in total. The van der Waals surface area contributed by atoms with Crippen LogP contribution in [0.4, 0.5) is 0 Å². The highest BCUT2D eigenvalue weighted by atomic mass is 16.5. The number of hydrogen-bond acceptors (Lipinski definition) is 5. The lowest BCUT2D eigenvalue weighted by atomic mass is 10.0. The van der Waals surface area contributed by atoms with E-state index in [0.717, 1.165) is 55.8 Å². The number of nitrogens with zero attached hydrogens (tertiary/aromatic N) is 1. The zero-order chi connectivity index (χ0) is 14.7. The second kappa shape index (κ2) is 5.88. The van der Waals surface area contributed by atoms with Gasteiger partial charge < -0.3 is 14.8 Å². The molecule has 1 aliphatic heterocycles. The summed E-state index contributed by atoms with van der Waals surface area (Å²) in [5, 5.41) is 3.33. The van der Waals surface area contributed by atoms with Crippen molar-refractivity contribution >= 4 is 6.08 Å². The van der Waals surface area contributed by atoms with E-state index < -0.39 is 0 Å². The molecule has 0 aromatic heterocycles. The highest BCUT2D eigenvalue weighted by Crippen LogP contribution is 2.50. The maximum Gasteiger partial charge on any atom is 0.235 e. The molecule has 1 aromatic rings. The predicted molar refractivity (Wildman–Crippen MR) is 78.5 cm³/mol. The van der Waals surface area contributed by atoms with Crippen LogP contribution in [0.15, 0.2) is 23.2 Å². The number of benzene rings is 1. The second-order valence-electron chi connectivity index (χ2n) is 5.69. The smallest absolute Gasteiger partial charge is 0.235 e. The predicted octanol–water partition coefficient (Wildman–Crippen LogP) is 2.15. The van der Waals surface area contributed by atoms with E-state index in [-0.39, 0.29) is 11.6 Å². The van der Waals surface area contributed by atoms with Gasteiger partial charge in [-0.1, -0.05) is 6.07 Å². The molecule has 1 N–H and O–H groups in total. The van der Waals surface area contributed by atoms with Crippen molar-refractivity contribution in [1.82, 2.24) is 5.32 Å². The van der Waals surface area contributed by atoms with Crippen molar-refractivity contribution in [3.8, 4) is 11.5 Å². The zero-order valence-electron chi connectivity index (χ0n) is 12.2. The first-order valence-corrected chi connectivity index (χ1v) is 7.42. The molecule has 1 saturated heterocycles. The normalized spacial score (nSPS) is 23.0. The highest BCUT2D eigenvalue weighted by Gasteiger charge is 2.45. The van der Waals surface area contributed by atoms with Crippen LogP contribution in [-0.4, -0.2) is 32.4 Å². The van der Waals surface area contributed by atoms with Crippen LogP contribution in [-0.2, 0) is 10.3 Å². The minimum Gasteiger partial charge on any atom is -0.493 e. The fourth-order valence-electron chi connectivity index (χ4n) is 2.83. The molecule has 0 spiro atoms. The molecular weight excluding hydrogens is 268 g/mol. The van der Waals surface area contributed by atoms with E-state index in [9.17, 15) is 4.79 Å². The summed E-state index contributed by atoms with van der Waals surface area (Å²) < 4.78 is 11.5. The number of aliphatic imine (C=N–C) groups is 1. The number of isocyanates is 1. The van der Waals surface area contributed by atoms with Crippen molar-refractivity contribution in [2.45, 2.75) is 37.3 Å². The lowest BCUT2D eigenvalue weighted by Gasteiger charge is -2.25. The summed E-state index contributed by atoms with van der Waals surface area (Å²) in [7, 11) is 1.64. The van der Waals surface area contributed by atoms with E-state index in [4.69, 9.17) is 9.47 Å². The molecule has 5 heteroatoms. The molecule has 0 bridgehead atoms. The maximum absolute atomic E-state index is 10.6. The van der Waals surface area contributed by atoms with E-state index >= 15 is 0 Å². The number of hydrogen-bond donors (Lipinski definition) is 1. The Hall–Kier alpha value is -1.84. The summed E-state index contributed by atoms with van der Waals surface area (Å²) in [5.74, 6) is 1.45. The van der Waals surface area contributed by atoms with Gasteiger partial charge in [-0.25, -0.2) is 4.79 Å². The molecule has 2 fully saturated rings. The summed E-state index contributed by atoms with van der Waals surface area (Å²) in [4.78, 5) is 14.6. The summed E-state index contributed by atoms with van der Waals surface area (Å²) in [6.45, 7) is 1.90. The quantitative estimate of drug-likeness (QED) is 0.666. The molecule has 3 rings (SSSR count). The number of methoxy groups -OCH3 is 1. The number of piperidine rings is 1. The molecule has 1 saturated carbocycles. The van der Waals surface area contributed by atoms with Gasteiger partial charge in [0, 0.05) is 6.54 Å². The number of ether oxygens (including phenoxy) is 2. The topological polar surface area (TPSA) is 59.9 Å². The third kappa shape index (κ3) is 2.94. The monoisotopic (exact) mass is 288 g/mol. The van der Waals surface area contributed by atoms with Gasteiger partial charge >= 0.3 is 0 Å². The average molecular weight is 288 g/mol. The molecular formula is C16H20N2O3. The molecule has 0 radical (unpaired) electrons. The molecule has 1 aromatic carbocycles. The average Bonchev–Trinajstić information content (AvgIpc) is 3.29. The van der Waals surface area contributed by atoms with Crippen molar-refractivity contribution in [1.29, 1.82) is 0 Å². The van der Waals surface area contributed by atoms with Gasteiger partial charge in [-0.05, 0) is 49.9 Å². The molecule has 2 aliphatic rings. The number of rotatable bonds is 5. The fraction of sp³-hybridized carbons (Fsp3) is 0.562. The van der Waals surface area contributed by atoms with E-state index in [1.807, 2.05) is 18.2 Å². The van der Waals surface area contributed by atoms with Gasteiger partial charge in [0.1, 0.15) is 6.10 Å². The van der Waals surface area contributed by atoms with Crippen molar-refractivity contribution in [3.63, 3.8) is 0 Å². The Bertz CT molecular complexity index is 557. The third-order valence-corrected chi connectivity index (χ3v) is 4.23. The van der Waals surface area contributed by atoms with Crippen LogP contribution in [0.5, 0.6) is 11.5 Å². The summed E-state index contributed by atoms with van der Waals surface area (Å²) in [6, 6.07) is 5.81. The summed E-state index contributed by atoms with van der Waals surface area (Å²) in [5.41, 5.74) is 0.627. The van der Waals surface area contributed by atoms with Gasteiger partial charge in [0.25, 0.3) is 0 Å². The molecule has 21 heavy (non-hydrogen) atoms. The van der Waals surface area contributed by atoms with Crippen LogP contribution in [0.1, 0.15) is 31.2 Å². The first-order valence-electron chi connectivity index (χ1n) is 7.42. The Morgan fingerprint density at radius 2 is 2.24 bits per heavy atom. The first-order chi connectivity index (χ1) is 10.3. The van der Waals surface area contributed by atoms with Gasteiger partial charge in [-0.2, -0.15) is 4.99 Å². The molecule has 1 heterocycles.